The largest absolute Gasteiger partial charge is 0.351 e. The molecule has 0 aliphatic carbocycles. The minimum Gasteiger partial charge on any atom is -0.351 e. The molecule has 0 spiro atoms. The van der Waals surface area contributed by atoms with E-state index in [1.54, 1.807) is 7.05 Å². The summed E-state index contributed by atoms with van der Waals surface area (Å²) in [6.07, 6.45) is 0. The highest BCUT2D eigenvalue weighted by Crippen LogP contribution is 2.20. The van der Waals surface area contributed by atoms with Crippen molar-refractivity contribution in [2.75, 3.05) is 11.9 Å². The van der Waals surface area contributed by atoms with Gasteiger partial charge in [0.25, 0.3) is 0 Å². The number of carbonyl (C=O) groups is 1. The van der Waals surface area contributed by atoms with Crippen LogP contribution in [0.25, 0.3) is 0 Å². The van der Waals surface area contributed by atoms with Crippen molar-refractivity contribution in [1.29, 1.82) is 0 Å². The van der Waals surface area contributed by atoms with Crippen molar-refractivity contribution in [3.8, 4) is 0 Å². The fraction of sp³-hybridized carbons (Fsp3) is 0.364. The van der Waals surface area contributed by atoms with Crippen LogP contribution in [0.15, 0.2) is 24.3 Å². The molecule has 1 aromatic rings. The number of urea groups is 1. The maximum absolute atomic E-state index is 10.9. The second-order valence-corrected chi connectivity index (χ2v) is 4.17. The number of hydrogen-bond acceptors (Lipinski definition) is 2. The fourth-order valence-corrected chi connectivity index (χ4v) is 1.24. The molecule has 1 rings (SSSR count). The molecule has 0 aromatic heterocycles. The van der Waals surface area contributed by atoms with Crippen LogP contribution in [-0.4, -0.2) is 13.1 Å². The first-order valence-electron chi connectivity index (χ1n) is 4.75. The van der Waals surface area contributed by atoms with Gasteiger partial charge >= 0.3 is 6.03 Å². The van der Waals surface area contributed by atoms with E-state index in [1.165, 1.54) is 4.90 Å². The van der Waals surface area contributed by atoms with Gasteiger partial charge in [-0.05, 0) is 31.5 Å². The molecule has 4 heteroatoms. The number of anilines is 1. The third kappa shape index (κ3) is 2.70. The summed E-state index contributed by atoms with van der Waals surface area (Å²) in [5.74, 6) is 0. The molecule has 1 aromatic carbocycles. The SMILES string of the molecule is CN(C(N)=O)c1ccc(C(C)(C)N)cc1. The summed E-state index contributed by atoms with van der Waals surface area (Å²) < 4.78 is 0. The van der Waals surface area contributed by atoms with Crippen molar-refractivity contribution in [2.45, 2.75) is 19.4 Å². The zero-order valence-corrected chi connectivity index (χ0v) is 9.32. The molecule has 2 amide bonds. The quantitative estimate of drug-likeness (QED) is 0.769. The summed E-state index contributed by atoms with van der Waals surface area (Å²) in [4.78, 5) is 12.3. The van der Waals surface area contributed by atoms with Crippen LogP contribution >= 0.6 is 0 Å². The monoisotopic (exact) mass is 207 g/mol. The molecule has 0 saturated heterocycles. The summed E-state index contributed by atoms with van der Waals surface area (Å²) >= 11 is 0. The van der Waals surface area contributed by atoms with Gasteiger partial charge in [0, 0.05) is 18.3 Å². The molecule has 0 fully saturated rings. The first-order valence-corrected chi connectivity index (χ1v) is 4.75. The third-order valence-electron chi connectivity index (χ3n) is 2.33. The molecule has 0 aliphatic heterocycles. The Labute approximate surface area is 89.9 Å². The van der Waals surface area contributed by atoms with E-state index in [9.17, 15) is 4.79 Å². The summed E-state index contributed by atoms with van der Waals surface area (Å²) in [7, 11) is 1.63. The Hall–Kier alpha value is -1.55. The summed E-state index contributed by atoms with van der Waals surface area (Å²) in [6.45, 7) is 3.86. The number of amides is 2. The zero-order valence-electron chi connectivity index (χ0n) is 9.32. The molecular weight excluding hydrogens is 190 g/mol. The second-order valence-electron chi connectivity index (χ2n) is 4.17. The van der Waals surface area contributed by atoms with Crippen LogP contribution in [0.2, 0.25) is 0 Å². The van der Waals surface area contributed by atoms with Crippen LogP contribution in [0.3, 0.4) is 0 Å². The molecule has 0 atom stereocenters. The number of benzene rings is 1. The predicted molar refractivity (Wildman–Crippen MR) is 61.6 cm³/mol. The molecule has 4 nitrogen and oxygen atoms in total. The number of nitrogens with zero attached hydrogens (tertiary/aromatic N) is 1. The lowest BCUT2D eigenvalue weighted by atomic mass is 9.95. The van der Waals surface area contributed by atoms with Crippen LogP contribution in [0.1, 0.15) is 19.4 Å². The van der Waals surface area contributed by atoms with E-state index >= 15 is 0 Å². The molecule has 0 bridgehead atoms. The summed E-state index contributed by atoms with van der Waals surface area (Å²) in [5, 5.41) is 0. The van der Waals surface area contributed by atoms with Crippen LogP contribution in [0.5, 0.6) is 0 Å². The van der Waals surface area contributed by atoms with Gasteiger partial charge in [0.05, 0.1) is 0 Å². The van der Waals surface area contributed by atoms with Crippen molar-refractivity contribution < 1.29 is 4.79 Å². The van der Waals surface area contributed by atoms with E-state index in [2.05, 4.69) is 0 Å². The lowest BCUT2D eigenvalue weighted by molar-refractivity contribution is 0.255. The molecule has 0 heterocycles. The van der Waals surface area contributed by atoms with E-state index in [4.69, 9.17) is 11.5 Å². The molecule has 0 saturated carbocycles. The van der Waals surface area contributed by atoms with Gasteiger partial charge in [-0.3, -0.25) is 4.90 Å². The molecule has 0 unspecified atom stereocenters. The van der Waals surface area contributed by atoms with Gasteiger partial charge in [0.15, 0.2) is 0 Å². The Balaban J connectivity index is 2.95. The van der Waals surface area contributed by atoms with E-state index in [-0.39, 0.29) is 5.54 Å². The molecule has 0 radical (unpaired) electrons. The van der Waals surface area contributed by atoms with Gasteiger partial charge in [0.1, 0.15) is 0 Å². The number of hydrogen-bond donors (Lipinski definition) is 2. The first-order chi connectivity index (χ1) is 6.82. The first kappa shape index (κ1) is 11.5. The normalized spacial score (nSPS) is 11.2. The smallest absolute Gasteiger partial charge is 0.318 e. The fourth-order valence-electron chi connectivity index (χ4n) is 1.24. The van der Waals surface area contributed by atoms with Gasteiger partial charge in [-0.15, -0.1) is 0 Å². The minimum absolute atomic E-state index is 0.371. The van der Waals surface area contributed by atoms with E-state index in [0.717, 1.165) is 11.3 Å². The Kier molecular flexibility index (Phi) is 3.00. The Bertz CT molecular complexity index is 351. The van der Waals surface area contributed by atoms with Crippen molar-refractivity contribution >= 4 is 11.7 Å². The lowest BCUT2D eigenvalue weighted by Gasteiger charge is -2.21. The van der Waals surface area contributed by atoms with Crippen molar-refractivity contribution in [3.05, 3.63) is 29.8 Å². The number of nitrogens with two attached hydrogens (primary N) is 2. The number of primary amides is 1. The standard InChI is InChI=1S/C11H17N3O/c1-11(2,13)8-4-6-9(7-5-8)14(3)10(12)15/h4-7H,13H2,1-3H3,(H2,12,15). The zero-order chi connectivity index (χ0) is 11.6. The van der Waals surface area contributed by atoms with Crippen LogP contribution in [0.4, 0.5) is 10.5 Å². The van der Waals surface area contributed by atoms with Crippen LogP contribution < -0.4 is 16.4 Å². The molecule has 82 valence electrons. The number of rotatable bonds is 2. The molecular formula is C11H17N3O. The second kappa shape index (κ2) is 3.90. The van der Waals surface area contributed by atoms with E-state index in [0.29, 0.717) is 0 Å². The summed E-state index contributed by atoms with van der Waals surface area (Å²) in [6, 6.07) is 6.97. The van der Waals surface area contributed by atoms with Crippen molar-refractivity contribution in [3.63, 3.8) is 0 Å². The van der Waals surface area contributed by atoms with Gasteiger partial charge in [-0.25, -0.2) is 4.79 Å². The Morgan fingerprint density at radius 2 is 1.73 bits per heavy atom. The third-order valence-corrected chi connectivity index (χ3v) is 2.33. The highest BCUT2D eigenvalue weighted by Gasteiger charge is 2.14. The maximum atomic E-state index is 10.9. The van der Waals surface area contributed by atoms with Crippen LogP contribution in [0, 0.1) is 0 Å². The molecule has 15 heavy (non-hydrogen) atoms. The van der Waals surface area contributed by atoms with E-state index < -0.39 is 6.03 Å². The average Bonchev–Trinajstić information content (AvgIpc) is 2.15. The molecule has 4 N–H and O–H groups in total. The highest BCUT2D eigenvalue weighted by atomic mass is 16.2. The van der Waals surface area contributed by atoms with Gasteiger partial charge < -0.3 is 11.5 Å². The van der Waals surface area contributed by atoms with Gasteiger partial charge in [0.2, 0.25) is 0 Å². The molecule has 0 aliphatic rings. The number of carbonyl (C=O) groups excluding carboxylic acids is 1. The van der Waals surface area contributed by atoms with Crippen molar-refractivity contribution in [2.24, 2.45) is 11.5 Å². The maximum Gasteiger partial charge on any atom is 0.318 e. The topological polar surface area (TPSA) is 72.3 Å². The average molecular weight is 207 g/mol. The van der Waals surface area contributed by atoms with Gasteiger partial charge in [-0.1, -0.05) is 12.1 Å². The van der Waals surface area contributed by atoms with E-state index in [1.807, 2.05) is 38.1 Å². The Morgan fingerprint density at radius 3 is 2.07 bits per heavy atom. The lowest BCUT2D eigenvalue weighted by Crippen LogP contribution is -2.32. The minimum atomic E-state index is -0.477. The summed E-state index contributed by atoms with van der Waals surface area (Å²) in [5.41, 5.74) is 12.5. The van der Waals surface area contributed by atoms with Gasteiger partial charge in [-0.2, -0.15) is 0 Å². The Morgan fingerprint density at radius 1 is 1.27 bits per heavy atom. The predicted octanol–water partition coefficient (Wildman–Crippen LogP) is 1.40. The van der Waals surface area contributed by atoms with Crippen molar-refractivity contribution in [1.82, 2.24) is 0 Å². The van der Waals surface area contributed by atoms with Crippen LogP contribution in [-0.2, 0) is 5.54 Å². The highest BCUT2D eigenvalue weighted by molar-refractivity contribution is 5.89.